The van der Waals surface area contributed by atoms with Crippen molar-refractivity contribution in [2.45, 2.75) is 6.92 Å². The molecule has 0 aliphatic heterocycles. The van der Waals surface area contributed by atoms with Crippen molar-refractivity contribution < 1.29 is 14.4 Å². The second-order valence-corrected chi connectivity index (χ2v) is 6.65. The summed E-state index contributed by atoms with van der Waals surface area (Å²) in [5, 5.41) is 5.98. The van der Waals surface area contributed by atoms with Gasteiger partial charge in [0.05, 0.1) is 11.5 Å². The van der Waals surface area contributed by atoms with Crippen molar-refractivity contribution in [1.29, 1.82) is 0 Å². The highest BCUT2D eigenvalue weighted by Gasteiger charge is 2.09. The fourth-order valence-electron chi connectivity index (χ4n) is 1.99. The van der Waals surface area contributed by atoms with Crippen molar-refractivity contribution in [1.82, 2.24) is 0 Å². The molecule has 2 aromatic rings. The Morgan fingerprint density at radius 3 is 2.04 bits per heavy atom. The normalized spacial score (nSPS) is 10.2. The smallest absolute Gasteiger partial charge is 0.234 e. The van der Waals surface area contributed by atoms with Crippen molar-refractivity contribution in [3.05, 3.63) is 59.1 Å². The van der Waals surface area contributed by atoms with E-state index >= 15 is 0 Å². The van der Waals surface area contributed by atoms with Crippen LogP contribution in [0.1, 0.15) is 17.3 Å². The Balaban J connectivity index is 1.76. The monoisotopic (exact) mass is 376 g/mol. The molecule has 0 heterocycles. The minimum absolute atomic E-state index is 0.0707. The van der Waals surface area contributed by atoms with Gasteiger partial charge in [-0.15, -0.1) is 11.8 Å². The zero-order valence-corrected chi connectivity index (χ0v) is 15.1. The number of amides is 2. The van der Waals surface area contributed by atoms with Crippen molar-refractivity contribution in [3.8, 4) is 0 Å². The van der Waals surface area contributed by atoms with Crippen LogP contribution >= 0.6 is 23.4 Å². The zero-order valence-electron chi connectivity index (χ0n) is 13.5. The third-order valence-corrected chi connectivity index (χ3v) is 4.31. The van der Waals surface area contributed by atoms with Crippen LogP contribution in [0.3, 0.4) is 0 Å². The molecule has 0 saturated heterocycles. The topological polar surface area (TPSA) is 75.3 Å². The van der Waals surface area contributed by atoms with Gasteiger partial charge in [0.25, 0.3) is 0 Å². The molecular formula is C18H17ClN2O3S. The van der Waals surface area contributed by atoms with E-state index in [4.69, 9.17) is 11.6 Å². The molecule has 0 saturated carbocycles. The summed E-state index contributed by atoms with van der Waals surface area (Å²) in [5.41, 5.74) is 1.84. The van der Waals surface area contributed by atoms with Crippen LogP contribution in [0.2, 0.25) is 5.02 Å². The van der Waals surface area contributed by atoms with Gasteiger partial charge in [0.2, 0.25) is 11.8 Å². The number of nitrogens with one attached hydrogen (secondary N) is 2. The number of rotatable bonds is 7. The number of carbonyl (C=O) groups excluding carboxylic acids is 3. The van der Waals surface area contributed by atoms with E-state index in [1.165, 1.54) is 18.7 Å². The molecule has 0 aliphatic carbocycles. The Labute approximate surface area is 155 Å². The van der Waals surface area contributed by atoms with E-state index in [1.54, 1.807) is 48.5 Å². The summed E-state index contributed by atoms with van der Waals surface area (Å²) in [4.78, 5) is 34.9. The first-order valence-electron chi connectivity index (χ1n) is 7.48. The number of hydrogen-bond donors (Lipinski definition) is 2. The molecule has 25 heavy (non-hydrogen) atoms. The Hall–Kier alpha value is -2.31. The maximum Gasteiger partial charge on any atom is 0.234 e. The molecule has 0 fully saturated rings. The van der Waals surface area contributed by atoms with Crippen LogP contribution in [-0.2, 0) is 9.59 Å². The molecule has 2 aromatic carbocycles. The summed E-state index contributed by atoms with van der Waals surface area (Å²) < 4.78 is 0. The van der Waals surface area contributed by atoms with Crippen molar-refractivity contribution in [3.63, 3.8) is 0 Å². The van der Waals surface area contributed by atoms with Gasteiger partial charge in [-0.2, -0.15) is 0 Å². The molecule has 0 bridgehead atoms. The first kappa shape index (κ1) is 19.0. The molecule has 2 amide bonds. The molecule has 7 heteroatoms. The van der Waals surface area contributed by atoms with Gasteiger partial charge in [0, 0.05) is 28.9 Å². The quantitative estimate of drug-likeness (QED) is 0.719. The number of thioether (sulfide) groups is 1. The second kappa shape index (κ2) is 9.25. The van der Waals surface area contributed by atoms with Crippen LogP contribution in [0.4, 0.5) is 11.4 Å². The first-order valence-corrected chi connectivity index (χ1v) is 9.01. The van der Waals surface area contributed by atoms with Gasteiger partial charge in [-0.1, -0.05) is 11.6 Å². The predicted molar refractivity (Wildman–Crippen MR) is 102 cm³/mol. The van der Waals surface area contributed by atoms with Crippen LogP contribution in [0.25, 0.3) is 0 Å². The lowest BCUT2D eigenvalue weighted by atomic mass is 10.1. The summed E-state index contributed by atoms with van der Waals surface area (Å²) >= 11 is 7.03. The zero-order chi connectivity index (χ0) is 18.2. The van der Waals surface area contributed by atoms with E-state index < -0.39 is 0 Å². The average molecular weight is 377 g/mol. The third-order valence-electron chi connectivity index (χ3n) is 3.12. The van der Waals surface area contributed by atoms with Gasteiger partial charge in [0.15, 0.2) is 5.78 Å². The Kier molecular flexibility index (Phi) is 7.03. The number of carbonyl (C=O) groups is 3. The van der Waals surface area contributed by atoms with E-state index in [-0.39, 0.29) is 29.1 Å². The largest absolute Gasteiger partial charge is 0.326 e. The van der Waals surface area contributed by atoms with Gasteiger partial charge in [-0.25, -0.2) is 0 Å². The van der Waals surface area contributed by atoms with Crippen molar-refractivity contribution in [2.75, 3.05) is 22.1 Å². The number of halogens is 1. The van der Waals surface area contributed by atoms with Crippen molar-refractivity contribution >= 4 is 52.3 Å². The van der Waals surface area contributed by atoms with E-state index in [0.717, 1.165) is 0 Å². The SMILES string of the molecule is CC(=O)Nc1ccc(C(=O)CSCC(=O)Nc2ccc(Cl)cc2)cc1. The summed E-state index contributed by atoms with van der Waals surface area (Å²) in [7, 11) is 0. The van der Waals surface area contributed by atoms with E-state index in [1.807, 2.05) is 0 Å². The standard InChI is InChI=1S/C18H17ClN2O3S/c1-12(22)20-15-6-2-13(3-7-15)17(23)10-25-11-18(24)21-16-8-4-14(19)5-9-16/h2-9H,10-11H2,1H3,(H,20,22)(H,21,24). The van der Waals surface area contributed by atoms with Crippen LogP contribution in [0.15, 0.2) is 48.5 Å². The maximum absolute atomic E-state index is 12.1. The minimum Gasteiger partial charge on any atom is -0.326 e. The highest BCUT2D eigenvalue weighted by atomic mass is 35.5. The Morgan fingerprint density at radius 1 is 0.880 bits per heavy atom. The lowest BCUT2D eigenvalue weighted by Gasteiger charge is -2.06. The number of benzene rings is 2. The van der Waals surface area contributed by atoms with Gasteiger partial charge in [-0.05, 0) is 48.5 Å². The summed E-state index contributed by atoms with van der Waals surface area (Å²) in [6, 6.07) is 13.5. The molecular weight excluding hydrogens is 360 g/mol. The highest BCUT2D eigenvalue weighted by molar-refractivity contribution is 8.00. The minimum atomic E-state index is -0.180. The van der Waals surface area contributed by atoms with Gasteiger partial charge in [0.1, 0.15) is 0 Å². The van der Waals surface area contributed by atoms with E-state index in [0.29, 0.717) is 22.0 Å². The Bertz CT molecular complexity index is 761. The number of anilines is 2. The molecule has 0 spiro atoms. The fourth-order valence-corrected chi connectivity index (χ4v) is 2.83. The van der Waals surface area contributed by atoms with Crippen LogP contribution in [0, 0.1) is 0 Å². The molecule has 0 unspecified atom stereocenters. The molecule has 5 nitrogen and oxygen atoms in total. The summed E-state index contributed by atoms with van der Waals surface area (Å²) in [6.07, 6.45) is 0. The molecule has 0 atom stereocenters. The lowest BCUT2D eigenvalue weighted by Crippen LogP contribution is -2.15. The van der Waals surface area contributed by atoms with Gasteiger partial charge < -0.3 is 10.6 Å². The lowest BCUT2D eigenvalue weighted by molar-refractivity contribution is -0.114. The molecule has 0 radical (unpaired) electrons. The molecule has 2 rings (SSSR count). The van der Waals surface area contributed by atoms with E-state index in [2.05, 4.69) is 10.6 Å². The second-order valence-electron chi connectivity index (χ2n) is 5.23. The molecule has 0 aromatic heterocycles. The van der Waals surface area contributed by atoms with Crippen LogP contribution in [-0.4, -0.2) is 29.1 Å². The molecule has 130 valence electrons. The summed E-state index contributed by atoms with van der Waals surface area (Å²) in [5.74, 6) is -0.0348. The van der Waals surface area contributed by atoms with Crippen LogP contribution < -0.4 is 10.6 Å². The van der Waals surface area contributed by atoms with Gasteiger partial charge >= 0.3 is 0 Å². The number of hydrogen-bond acceptors (Lipinski definition) is 4. The highest BCUT2D eigenvalue weighted by Crippen LogP contribution is 2.15. The maximum atomic E-state index is 12.1. The van der Waals surface area contributed by atoms with E-state index in [9.17, 15) is 14.4 Å². The third kappa shape index (κ3) is 6.60. The summed E-state index contributed by atoms with van der Waals surface area (Å²) in [6.45, 7) is 1.42. The Morgan fingerprint density at radius 2 is 1.44 bits per heavy atom. The first-order chi connectivity index (χ1) is 11.9. The molecule has 2 N–H and O–H groups in total. The van der Waals surface area contributed by atoms with Gasteiger partial charge in [-0.3, -0.25) is 14.4 Å². The average Bonchev–Trinajstić information content (AvgIpc) is 2.57. The molecule has 0 aliphatic rings. The van der Waals surface area contributed by atoms with Crippen LogP contribution in [0.5, 0.6) is 0 Å². The number of ketones is 1. The number of Topliss-reactive ketones (excluding diaryl/α,β-unsaturated/α-hetero) is 1. The predicted octanol–water partition coefficient (Wildman–Crippen LogP) is 3.85. The van der Waals surface area contributed by atoms with Crippen molar-refractivity contribution in [2.24, 2.45) is 0 Å². The fraction of sp³-hybridized carbons (Fsp3) is 0.167.